The molecule has 4 nitrogen and oxygen atoms in total. The van der Waals surface area contributed by atoms with E-state index in [1.165, 1.54) is 5.56 Å². The van der Waals surface area contributed by atoms with Crippen molar-refractivity contribution in [3.05, 3.63) is 60.2 Å². The second kappa shape index (κ2) is 7.33. The van der Waals surface area contributed by atoms with Gasteiger partial charge in [0.05, 0.1) is 0 Å². The first-order chi connectivity index (χ1) is 11.2. The molecule has 1 aliphatic heterocycles. The van der Waals surface area contributed by atoms with Crippen LogP contribution in [0.25, 0.3) is 0 Å². The van der Waals surface area contributed by atoms with Crippen LogP contribution in [-0.4, -0.2) is 41.3 Å². The summed E-state index contributed by atoms with van der Waals surface area (Å²) in [6.45, 7) is 4.43. The van der Waals surface area contributed by atoms with E-state index in [4.69, 9.17) is 12.2 Å². The van der Waals surface area contributed by atoms with Gasteiger partial charge in [-0.2, -0.15) is 0 Å². The van der Waals surface area contributed by atoms with Crippen molar-refractivity contribution >= 4 is 23.0 Å². The summed E-state index contributed by atoms with van der Waals surface area (Å²) in [5, 5.41) is 13.5. The SMILES string of the molecule is Oc1ccc(N2CCN(C(=S)NCc3ccccc3)CC2)cc1. The maximum atomic E-state index is 9.37. The first-order valence-corrected chi connectivity index (χ1v) is 8.24. The van der Waals surface area contributed by atoms with Gasteiger partial charge in [0.1, 0.15) is 5.75 Å². The number of aromatic hydroxyl groups is 1. The minimum Gasteiger partial charge on any atom is -0.508 e. The van der Waals surface area contributed by atoms with Crippen LogP contribution in [0.2, 0.25) is 0 Å². The molecule has 120 valence electrons. The number of rotatable bonds is 3. The summed E-state index contributed by atoms with van der Waals surface area (Å²) in [6, 6.07) is 17.7. The van der Waals surface area contributed by atoms with Crippen LogP contribution in [-0.2, 0) is 6.54 Å². The van der Waals surface area contributed by atoms with Gasteiger partial charge in [-0.1, -0.05) is 30.3 Å². The molecule has 2 aromatic carbocycles. The number of hydrogen-bond acceptors (Lipinski definition) is 3. The molecule has 0 spiro atoms. The minimum absolute atomic E-state index is 0.304. The molecule has 0 aromatic heterocycles. The summed E-state index contributed by atoms with van der Waals surface area (Å²) < 4.78 is 0. The number of nitrogens with one attached hydrogen (secondary N) is 1. The number of phenols is 1. The Morgan fingerprint density at radius 1 is 0.957 bits per heavy atom. The zero-order chi connectivity index (χ0) is 16.1. The molecule has 0 radical (unpaired) electrons. The standard InChI is InChI=1S/C18H21N3OS/c22-17-8-6-16(7-9-17)20-10-12-21(13-11-20)18(23)19-14-15-4-2-1-3-5-15/h1-9,22H,10-14H2,(H,19,23). The number of phenolic OH excluding ortho intramolecular Hbond substituents is 1. The summed E-state index contributed by atoms with van der Waals surface area (Å²) >= 11 is 5.51. The van der Waals surface area contributed by atoms with Gasteiger partial charge < -0.3 is 20.2 Å². The molecule has 5 heteroatoms. The summed E-state index contributed by atoms with van der Waals surface area (Å²) in [4.78, 5) is 4.53. The molecule has 1 saturated heterocycles. The van der Waals surface area contributed by atoms with E-state index >= 15 is 0 Å². The first-order valence-electron chi connectivity index (χ1n) is 7.83. The highest BCUT2D eigenvalue weighted by atomic mass is 32.1. The predicted molar refractivity (Wildman–Crippen MR) is 97.8 cm³/mol. The fraction of sp³-hybridized carbons (Fsp3) is 0.278. The lowest BCUT2D eigenvalue weighted by molar-refractivity contribution is 0.380. The molecule has 0 atom stereocenters. The molecule has 1 fully saturated rings. The lowest BCUT2D eigenvalue weighted by Gasteiger charge is -2.37. The van der Waals surface area contributed by atoms with Crippen LogP contribution < -0.4 is 10.2 Å². The summed E-state index contributed by atoms with van der Waals surface area (Å²) in [5.41, 5.74) is 2.38. The molecule has 0 bridgehead atoms. The van der Waals surface area contributed by atoms with Crippen molar-refractivity contribution in [3.8, 4) is 5.75 Å². The van der Waals surface area contributed by atoms with Gasteiger partial charge in [-0.15, -0.1) is 0 Å². The third kappa shape index (κ3) is 4.13. The molecule has 0 saturated carbocycles. The molecule has 2 aromatic rings. The van der Waals surface area contributed by atoms with Crippen LogP contribution in [0.15, 0.2) is 54.6 Å². The normalized spacial score (nSPS) is 14.6. The third-order valence-electron chi connectivity index (χ3n) is 4.07. The van der Waals surface area contributed by atoms with Gasteiger partial charge in [0.25, 0.3) is 0 Å². The van der Waals surface area contributed by atoms with Crippen LogP contribution in [0.1, 0.15) is 5.56 Å². The number of nitrogens with zero attached hydrogens (tertiary/aromatic N) is 2. The summed E-state index contributed by atoms with van der Waals surface area (Å²) in [6.07, 6.45) is 0. The zero-order valence-corrected chi connectivity index (χ0v) is 13.8. The highest BCUT2D eigenvalue weighted by Crippen LogP contribution is 2.19. The van der Waals surface area contributed by atoms with Gasteiger partial charge in [0.2, 0.25) is 0 Å². The molecule has 0 aliphatic carbocycles. The number of benzene rings is 2. The Morgan fingerprint density at radius 2 is 1.61 bits per heavy atom. The monoisotopic (exact) mass is 327 g/mol. The first kappa shape index (κ1) is 15.6. The number of thiocarbonyl (C=S) groups is 1. The Bertz CT molecular complexity index is 637. The molecule has 1 heterocycles. The molecule has 0 unspecified atom stereocenters. The third-order valence-corrected chi connectivity index (χ3v) is 4.47. The van der Waals surface area contributed by atoms with Gasteiger partial charge in [-0.3, -0.25) is 0 Å². The van der Waals surface area contributed by atoms with Crippen molar-refractivity contribution in [1.82, 2.24) is 10.2 Å². The maximum absolute atomic E-state index is 9.37. The van der Waals surface area contributed by atoms with E-state index in [-0.39, 0.29) is 0 Å². The minimum atomic E-state index is 0.304. The Labute approximate surface area is 142 Å². The lowest BCUT2D eigenvalue weighted by Crippen LogP contribution is -2.51. The second-order valence-electron chi connectivity index (χ2n) is 5.63. The molecule has 1 aliphatic rings. The molecule has 2 N–H and O–H groups in total. The number of hydrogen-bond donors (Lipinski definition) is 2. The average molecular weight is 327 g/mol. The Hall–Kier alpha value is -2.27. The van der Waals surface area contributed by atoms with Crippen LogP contribution in [0.3, 0.4) is 0 Å². The van der Waals surface area contributed by atoms with E-state index < -0.39 is 0 Å². The Balaban J connectivity index is 1.48. The van der Waals surface area contributed by atoms with Gasteiger partial charge in [-0.25, -0.2) is 0 Å². The van der Waals surface area contributed by atoms with E-state index in [1.54, 1.807) is 12.1 Å². The van der Waals surface area contributed by atoms with Crippen molar-refractivity contribution in [2.45, 2.75) is 6.54 Å². The van der Waals surface area contributed by atoms with Crippen molar-refractivity contribution in [1.29, 1.82) is 0 Å². The van der Waals surface area contributed by atoms with Gasteiger partial charge in [0, 0.05) is 38.4 Å². The molecule has 3 rings (SSSR count). The number of anilines is 1. The van der Waals surface area contributed by atoms with Crippen molar-refractivity contribution in [2.75, 3.05) is 31.1 Å². The van der Waals surface area contributed by atoms with E-state index in [0.717, 1.165) is 43.5 Å². The van der Waals surface area contributed by atoms with E-state index in [9.17, 15) is 5.11 Å². The van der Waals surface area contributed by atoms with Gasteiger partial charge in [-0.05, 0) is 42.0 Å². The highest BCUT2D eigenvalue weighted by molar-refractivity contribution is 7.80. The van der Waals surface area contributed by atoms with Crippen LogP contribution in [0.5, 0.6) is 5.75 Å². The second-order valence-corrected chi connectivity index (χ2v) is 6.02. The zero-order valence-electron chi connectivity index (χ0n) is 13.0. The highest BCUT2D eigenvalue weighted by Gasteiger charge is 2.18. The maximum Gasteiger partial charge on any atom is 0.169 e. The average Bonchev–Trinajstić information content (AvgIpc) is 2.61. The van der Waals surface area contributed by atoms with Crippen LogP contribution >= 0.6 is 12.2 Å². The Kier molecular flexibility index (Phi) is 4.98. The number of piperazine rings is 1. The smallest absolute Gasteiger partial charge is 0.169 e. The summed E-state index contributed by atoms with van der Waals surface area (Å²) in [5.74, 6) is 0.304. The van der Waals surface area contributed by atoms with Crippen molar-refractivity contribution < 1.29 is 5.11 Å². The fourth-order valence-corrected chi connectivity index (χ4v) is 2.97. The van der Waals surface area contributed by atoms with E-state index in [1.807, 2.05) is 30.3 Å². The lowest BCUT2D eigenvalue weighted by atomic mass is 10.2. The summed E-state index contributed by atoms with van der Waals surface area (Å²) in [7, 11) is 0. The quantitative estimate of drug-likeness (QED) is 0.848. The molecular weight excluding hydrogens is 306 g/mol. The predicted octanol–water partition coefficient (Wildman–Crippen LogP) is 2.59. The van der Waals surface area contributed by atoms with E-state index in [0.29, 0.717) is 5.75 Å². The molecule has 0 amide bonds. The van der Waals surface area contributed by atoms with Crippen molar-refractivity contribution in [3.63, 3.8) is 0 Å². The van der Waals surface area contributed by atoms with Crippen LogP contribution in [0.4, 0.5) is 5.69 Å². The largest absolute Gasteiger partial charge is 0.508 e. The molecule has 23 heavy (non-hydrogen) atoms. The van der Waals surface area contributed by atoms with Gasteiger partial charge >= 0.3 is 0 Å². The fourth-order valence-electron chi connectivity index (χ4n) is 2.72. The topological polar surface area (TPSA) is 38.7 Å². The van der Waals surface area contributed by atoms with Gasteiger partial charge in [0.15, 0.2) is 5.11 Å². The Morgan fingerprint density at radius 3 is 2.26 bits per heavy atom. The van der Waals surface area contributed by atoms with Crippen LogP contribution in [0, 0.1) is 0 Å². The molecular formula is C18H21N3OS. The van der Waals surface area contributed by atoms with Crippen molar-refractivity contribution in [2.24, 2.45) is 0 Å². The van der Waals surface area contributed by atoms with E-state index in [2.05, 4.69) is 27.2 Å².